The van der Waals surface area contributed by atoms with Crippen LogP contribution in [0.2, 0.25) is 0 Å². The molecule has 206 valence electrons. The highest BCUT2D eigenvalue weighted by Gasteiger charge is 2.63. The van der Waals surface area contributed by atoms with Crippen LogP contribution in [0.3, 0.4) is 0 Å². The Balaban J connectivity index is 1.57. The first kappa shape index (κ1) is 30.9. The molecule has 1 saturated heterocycles. The van der Waals surface area contributed by atoms with E-state index < -0.39 is 40.4 Å². The minimum Gasteiger partial charge on any atom is -0.392 e. The first-order valence-corrected chi connectivity index (χ1v) is 12.8. The fraction of sp³-hybridized carbons (Fsp3) is 0.423. The number of hydrogen-bond donors (Lipinski definition) is 5. The van der Waals surface area contributed by atoms with Gasteiger partial charge in [0.2, 0.25) is 11.6 Å². The lowest BCUT2D eigenvalue weighted by molar-refractivity contribution is -0.213. The number of morpholine rings is 1. The van der Waals surface area contributed by atoms with Crippen LogP contribution in [0.15, 0.2) is 42.5 Å². The second-order valence-electron chi connectivity index (χ2n) is 10.2. The fourth-order valence-electron chi connectivity index (χ4n) is 5.02. The molecule has 0 spiro atoms. The van der Waals surface area contributed by atoms with Crippen LogP contribution in [0, 0.1) is 0 Å². The highest BCUT2D eigenvalue weighted by molar-refractivity contribution is 6.39. The molecule has 2 aromatic rings. The molecular weight excluding hydrogens is 524 g/mol. The van der Waals surface area contributed by atoms with Gasteiger partial charge in [-0.1, -0.05) is 30.3 Å². The SMILES string of the molecule is [B]C([B])(c1cccc(CNc2cccc3c2CN(C(O)(C=O)C([B])(O)C([B])(O)C(=O)NC)C3=O)c1)N1CCOCC1. The standard InChI is InChI=1S/C26H28B4N4O7/c1-31-22(37)24(27,39)26(30,40)23(38,15-35)34-14-19-18(21(34)36)6-3-7-20(19)32-13-16-4-2-5-17(12-16)25(28,29)33-8-10-41-11-9-33/h2-7,12,15,32,38-40H,8-11,13-14H2,1H3,(H,31,37). The average Bonchev–Trinajstić information content (AvgIpc) is 3.32. The summed E-state index contributed by atoms with van der Waals surface area (Å²) in [5, 5.41) is 36.5. The minimum absolute atomic E-state index is 0.0931. The molecule has 1 fully saturated rings. The number of nitrogens with one attached hydrogen (secondary N) is 2. The Morgan fingerprint density at radius 1 is 1.07 bits per heavy atom. The fourth-order valence-corrected chi connectivity index (χ4v) is 5.02. The lowest BCUT2D eigenvalue weighted by Gasteiger charge is -2.49. The quantitative estimate of drug-likeness (QED) is 0.158. The van der Waals surface area contributed by atoms with Gasteiger partial charge in [0.1, 0.15) is 26.7 Å². The number of rotatable bonds is 10. The van der Waals surface area contributed by atoms with Crippen molar-refractivity contribution in [1.29, 1.82) is 0 Å². The van der Waals surface area contributed by atoms with Gasteiger partial charge in [-0.15, -0.1) is 0 Å². The first-order chi connectivity index (χ1) is 19.2. The van der Waals surface area contributed by atoms with Gasteiger partial charge in [-0.25, -0.2) is 0 Å². The molecule has 2 amide bonds. The Bertz CT molecular complexity index is 1340. The van der Waals surface area contributed by atoms with Gasteiger partial charge >= 0.3 is 0 Å². The molecule has 0 aromatic heterocycles. The zero-order valence-electron chi connectivity index (χ0n) is 22.5. The van der Waals surface area contributed by atoms with Gasteiger partial charge in [0.05, 0.1) is 35.5 Å². The maximum Gasteiger partial charge on any atom is 0.257 e. The summed E-state index contributed by atoms with van der Waals surface area (Å²) < 4.78 is 5.39. The van der Waals surface area contributed by atoms with E-state index in [9.17, 15) is 29.7 Å². The van der Waals surface area contributed by atoms with E-state index in [0.29, 0.717) is 48.0 Å². The normalized spacial score (nSPS) is 20.3. The van der Waals surface area contributed by atoms with E-state index in [1.54, 1.807) is 12.1 Å². The van der Waals surface area contributed by atoms with Crippen molar-refractivity contribution in [2.75, 3.05) is 38.7 Å². The molecule has 15 heteroatoms. The summed E-state index contributed by atoms with van der Waals surface area (Å²) in [5.41, 5.74) is -7.70. The van der Waals surface area contributed by atoms with Crippen LogP contribution in [0.5, 0.6) is 0 Å². The zero-order valence-corrected chi connectivity index (χ0v) is 22.5. The van der Waals surface area contributed by atoms with Crippen molar-refractivity contribution in [3.63, 3.8) is 0 Å². The van der Waals surface area contributed by atoms with E-state index in [1.165, 1.54) is 6.07 Å². The van der Waals surface area contributed by atoms with Crippen LogP contribution in [-0.4, -0.2) is 125 Å². The number of ether oxygens (including phenoxy) is 1. The Morgan fingerprint density at radius 3 is 2.37 bits per heavy atom. The highest BCUT2D eigenvalue weighted by atomic mass is 16.5. The molecular formula is C26H28B4N4O7. The van der Waals surface area contributed by atoms with Gasteiger partial charge in [0.25, 0.3) is 5.91 Å². The van der Waals surface area contributed by atoms with E-state index in [1.807, 2.05) is 34.5 Å². The summed E-state index contributed by atoms with van der Waals surface area (Å²) in [6.07, 6.45) is -0.253. The summed E-state index contributed by atoms with van der Waals surface area (Å²) in [6.45, 7) is 2.11. The van der Waals surface area contributed by atoms with Crippen LogP contribution in [0.25, 0.3) is 0 Å². The lowest BCUT2D eigenvalue weighted by atomic mass is 9.53. The van der Waals surface area contributed by atoms with Crippen molar-refractivity contribution in [2.45, 2.75) is 35.2 Å². The number of carbonyl (C=O) groups excluding carboxylic acids is 3. The number of anilines is 1. The highest BCUT2D eigenvalue weighted by Crippen LogP contribution is 2.39. The lowest BCUT2D eigenvalue weighted by Crippen LogP contribution is -2.78. The third kappa shape index (κ3) is 5.21. The summed E-state index contributed by atoms with van der Waals surface area (Å²) in [6, 6.07) is 12.1. The monoisotopic (exact) mass is 552 g/mol. The molecule has 0 bridgehead atoms. The van der Waals surface area contributed by atoms with Crippen LogP contribution in [0.1, 0.15) is 27.0 Å². The van der Waals surface area contributed by atoms with Gasteiger partial charge in [0.15, 0.2) is 6.29 Å². The van der Waals surface area contributed by atoms with Crippen molar-refractivity contribution in [3.8, 4) is 0 Å². The summed E-state index contributed by atoms with van der Waals surface area (Å²) in [7, 11) is 25.3. The number of fused-ring (bicyclic) bond motifs is 1. The third-order valence-electron chi connectivity index (χ3n) is 7.67. The zero-order chi connectivity index (χ0) is 30.2. The van der Waals surface area contributed by atoms with Crippen molar-refractivity contribution in [1.82, 2.24) is 15.1 Å². The second kappa shape index (κ2) is 11.3. The molecule has 8 radical (unpaired) electrons. The second-order valence-corrected chi connectivity index (χ2v) is 10.2. The number of amides is 2. The molecule has 2 aliphatic heterocycles. The Labute approximate surface area is 243 Å². The molecule has 3 unspecified atom stereocenters. The van der Waals surface area contributed by atoms with Crippen molar-refractivity contribution in [2.24, 2.45) is 0 Å². The largest absolute Gasteiger partial charge is 0.392 e. The van der Waals surface area contributed by atoms with Crippen molar-refractivity contribution >= 4 is 55.2 Å². The maximum absolute atomic E-state index is 13.3. The molecule has 11 nitrogen and oxygen atoms in total. The molecule has 4 rings (SSSR count). The number of aldehydes is 1. The van der Waals surface area contributed by atoms with E-state index in [2.05, 4.69) is 5.32 Å². The van der Waals surface area contributed by atoms with Crippen LogP contribution in [-0.2, 0) is 32.8 Å². The predicted molar refractivity (Wildman–Crippen MR) is 152 cm³/mol. The number of hydrogen-bond acceptors (Lipinski definition) is 9. The molecule has 0 saturated carbocycles. The van der Waals surface area contributed by atoms with Gasteiger partial charge in [-0.05, 0) is 28.6 Å². The molecule has 0 aliphatic carbocycles. The average molecular weight is 552 g/mol. The summed E-state index contributed by atoms with van der Waals surface area (Å²) >= 11 is 0. The summed E-state index contributed by atoms with van der Waals surface area (Å²) in [5.74, 6) is -2.29. The third-order valence-corrected chi connectivity index (χ3v) is 7.67. The Kier molecular flexibility index (Phi) is 8.50. The van der Waals surface area contributed by atoms with E-state index in [-0.39, 0.29) is 18.4 Å². The Hall–Kier alpha value is -3.09. The smallest absolute Gasteiger partial charge is 0.257 e. The van der Waals surface area contributed by atoms with E-state index in [4.69, 9.17) is 36.1 Å². The van der Waals surface area contributed by atoms with Gasteiger partial charge in [-0.2, -0.15) is 0 Å². The molecule has 2 aromatic carbocycles. The minimum atomic E-state index is -3.51. The van der Waals surface area contributed by atoms with Crippen LogP contribution >= 0.6 is 0 Å². The number of nitrogens with zero attached hydrogens (tertiary/aromatic N) is 2. The molecule has 3 atom stereocenters. The van der Waals surface area contributed by atoms with Gasteiger partial charge < -0.3 is 35.6 Å². The van der Waals surface area contributed by atoms with Gasteiger partial charge in [-0.3, -0.25) is 19.3 Å². The summed E-state index contributed by atoms with van der Waals surface area (Å²) in [4.78, 5) is 40.0. The van der Waals surface area contributed by atoms with Gasteiger partial charge in [0, 0.05) is 43.5 Å². The number of carbonyl (C=O) groups is 3. The molecule has 5 N–H and O–H groups in total. The van der Waals surface area contributed by atoms with E-state index in [0.717, 1.165) is 12.6 Å². The topological polar surface area (TPSA) is 152 Å². The molecule has 2 aliphatic rings. The predicted octanol–water partition coefficient (Wildman–Crippen LogP) is -2.62. The van der Waals surface area contributed by atoms with Crippen LogP contribution in [0.4, 0.5) is 5.69 Å². The molecule has 2 heterocycles. The number of likely N-dealkylation sites (N-methyl/N-ethyl adjacent to an activating group) is 1. The molecule has 41 heavy (non-hydrogen) atoms. The van der Waals surface area contributed by atoms with Crippen molar-refractivity contribution < 1.29 is 34.4 Å². The first-order valence-electron chi connectivity index (χ1n) is 12.8. The van der Waals surface area contributed by atoms with Crippen LogP contribution < -0.4 is 10.6 Å². The number of aliphatic hydroxyl groups is 3. The number of benzene rings is 2. The maximum atomic E-state index is 13.3. The Morgan fingerprint density at radius 2 is 1.73 bits per heavy atom. The van der Waals surface area contributed by atoms with E-state index >= 15 is 0 Å². The van der Waals surface area contributed by atoms with Crippen molar-refractivity contribution in [3.05, 3.63) is 64.7 Å².